The number of methoxy groups -OCH3 is 1. The highest BCUT2D eigenvalue weighted by Gasteiger charge is 2.38. The minimum atomic E-state index is -0.741. The Labute approximate surface area is 183 Å². The Bertz CT molecular complexity index is 1100. The molecule has 0 spiro atoms. The summed E-state index contributed by atoms with van der Waals surface area (Å²) in [6.07, 6.45) is 1.24. The van der Waals surface area contributed by atoms with Crippen molar-refractivity contribution in [2.45, 2.75) is 13.8 Å². The molecule has 160 valence electrons. The summed E-state index contributed by atoms with van der Waals surface area (Å²) in [7, 11) is 1.19. The van der Waals surface area contributed by atoms with Crippen LogP contribution in [0.4, 0.5) is 10.1 Å². The number of carbonyl (C=O) groups excluding carboxylic acids is 3. The highest BCUT2D eigenvalue weighted by atomic mass is 35.5. The third-order valence-electron chi connectivity index (χ3n) is 4.71. The Hall–Kier alpha value is -3.45. The molecule has 6 nitrogen and oxygen atoms in total. The summed E-state index contributed by atoms with van der Waals surface area (Å²) in [5.41, 5.74) is 0.980. The fraction of sp³-hybridized carbons (Fsp3) is 0.174. The van der Waals surface area contributed by atoms with E-state index in [0.29, 0.717) is 16.9 Å². The van der Waals surface area contributed by atoms with Crippen molar-refractivity contribution in [3.8, 4) is 0 Å². The summed E-state index contributed by atoms with van der Waals surface area (Å²) in [5.74, 6) is -2.41. The summed E-state index contributed by atoms with van der Waals surface area (Å²) >= 11 is 6.09. The lowest BCUT2D eigenvalue weighted by Crippen LogP contribution is -2.24. The number of benzene rings is 2. The molecule has 1 amide bonds. The second-order valence-corrected chi connectivity index (χ2v) is 6.96. The van der Waals surface area contributed by atoms with Crippen LogP contribution < -0.4 is 4.90 Å². The minimum Gasteiger partial charge on any atom is -0.465 e. The van der Waals surface area contributed by atoms with E-state index in [1.807, 2.05) is 0 Å². The van der Waals surface area contributed by atoms with Crippen molar-refractivity contribution >= 4 is 41.2 Å². The molecule has 8 heteroatoms. The van der Waals surface area contributed by atoms with Gasteiger partial charge in [-0.1, -0.05) is 17.7 Å². The molecule has 1 aliphatic rings. The first-order valence-corrected chi connectivity index (χ1v) is 9.74. The third-order valence-corrected chi connectivity index (χ3v) is 5.04. The lowest BCUT2D eigenvalue weighted by Gasteiger charge is -2.18. The van der Waals surface area contributed by atoms with Gasteiger partial charge in [0.2, 0.25) is 0 Å². The van der Waals surface area contributed by atoms with E-state index in [-0.39, 0.29) is 28.3 Å². The van der Waals surface area contributed by atoms with Crippen molar-refractivity contribution < 1.29 is 28.2 Å². The summed E-state index contributed by atoms with van der Waals surface area (Å²) in [5, 5.41) is 0.0967. The molecule has 0 atom stereocenters. The molecule has 0 radical (unpaired) electrons. The topological polar surface area (TPSA) is 72.9 Å². The fourth-order valence-electron chi connectivity index (χ4n) is 3.24. The molecule has 0 aliphatic carbocycles. The number of allylic oxidation sites excluding steroid dienone is 1. The Morgan fingerprint density at radius 1 is 1.13 bits per heavy atom. The van der Waals surface area contributed by atoms with Crippen molar-refractivity contribution in [1.82, 2.24) is 0 Å². The van der Waals surface area contributed by atoms with Gasteiger partial charge in [0.1, 0.15) is 5.82 Å². The van der Waals surface area contributed by atoms with Crippen molar-refractivity contribution in [1.29, 1.82) is 0 Å². The summed E-state index contributed by atoms with van der Waals surface area (Å²) < 4.78 is 24.1. The molecule has 0 bridgehead atoms. The van der Waals surface area contributed by atoms with E-state index in [0.717, 1.165) is 0 Å². The molecule has 0 unspecified atom stereocenters. The standard InChI is InChI=1S/C23H19ClFNO5/c1-4-31-22(28)14-8-10-15(11-9-14)26-13(2)20(23(29)30-3)17(21(26)27)12-16-18(24)6-5-7-19(16)25/h5-12H,4H2,1-3H3/b17-12-. The van der Waals surface area contributed by atoms with Gasteiger partial charge in [0.25, 0.3) is 5.91 Å². The Morgan fingerprint density at radius 2 is 1.81 bits per heavy atom. The normalized spacial score (nSPS) is 14.9. The molecule has 2 aromatic rings. The molecule has 1 aliphatic heterocycles. The largest absolute Gasteiger partial charge is 0.465 e. The van der Waals surface area contributed by atoms with Gasteiger partial charge in [-0.15, -0.1) is 0 Å². The first-order valence-electron chi connectivity index (χ1n) is 9.37. The summed E-state index contributed by atoms with van der Waals surface area (Å²) in [4.78, 5) is 38.9. The van der Waals surface area contributed by atoms with E-state index >= 15 is 0 Å². The Morgan fingerprint density at radius 3 is 2.39 bits per heavy atom. The Balaban J connectivity index is 2.09. The van der Waals surface area contributed by atoms with Gasteiger partial charge < -0.3 is 9.47 Å². The smallest absolute Gasteiger partial charge is 0.340 e. The number of ether oxygens (including phenoxy) is 2. The van der Waals surface area contributed by atoms with Gasteiger partial charge in [0.05, 0.1) is 35.4 Å². The quantitative estimate of drug-likeness (QED) is 0.501. The SMILES string of the molecule is CCOC(=O)c1ccc(N2C(=O)/C(=C\c3c(F)cccc3Cl)C(C(=O)OC)=C2C)cc1. The van der Waals surface area contributed by atoms with Crippen LogP contribution in [-0.4, -0.2) is 31.6 Å². The molecule has 0 saturated heterocycles. The van der Waals surface area contributed by atoms with Crippen LogP contribution in [0, 0.1) is 5.82 Å². The second-order valence-electron chi connectivity index (χ2n) is 6.55. The van der Waals surface area contributed by atoms with E-state index < -0.39 is 23.7 Å². The van der Waals surface area contributed by atoms with Gasteiger partial charge >= 0.3 is 11.9 Å². The van der Waals surface area contributed by atoms with Gasteiger partial charge in [0.15, 0.2) is 0 Å². The number of nitrogens with zero attached hydrogens (tertiary/aromatic N) is 1. The van der Waals surface area contributed by atoms with Gasteiger partial charge in [-0.3, -0.25) is 9.69 Å². The monoisotopic (exact) mass is 443 g/mol. The maximum Gasteiger partial charge on any atom is 0.340 e. The number of hydrogen-bond acceptors (Lipinski definition) is 5. The molecule has 2 aromatic carbocycles. The number of carbonyl (C=O) groups is 3. The molecule has 1 heterocycles. The van der Waals surface area contributed by atoms with Crippen LogP contribution in [0.3, 0.4) is 0 Å². The zero-order chi connectivity index (χ0) is 22.7. The number of anilines is 1. The van der Waals surface area contributed by atoms with Gasteiger partial charge in [-0.2, -0.15) is 0 Å². The maximum absolute atomic E-state index is 14.3. The van der Waals surface area contributed by atoms with Gasteiger partial charge in [0, 0.05) is 16.9 Å². The molecule has 0 fully saturated rings. The molecule has 0 aromatic heterocycles. The fourth-order valence-corrected chi connectivity index (χ4v) is 3.46. The van der Waals surface area contributed by atoms with Crippen molar-refractivity contribution in [3.05, 3.63) is 81.3 Å². The highest BCUT2D eigenvalue weighted by Crippen LogP contribution is 2.36. The minimum absolute atomic E-state index is 0.00119. The Kier molecular flexibility index (Phi) is 6.56. The highest BCUT2D eigenvalue weighted by molar-refractivity contribution is 6.32. The number of halogens is 2. The van der Waals surface area contributed by atoms with Crippen LogP contribution in [-0.2, 0) is 19.1 Å². The first kappa shape index (κ1) is 22.2. The molecule has 3 rings (SSSR count). The van der Waals surface area contributed by atoms with E-state index in [1.54, 1.807) is 26.0 Å². The van der Waals surface area contributed by atoms with Crippen LogP contribution in [0.1, 0.15) is 29.8 Å². The average molecular weight is 444 g/mol. The predicted molar refractivity (Wildman–Crippen MR) is 114 cm³/mol. The number of hydrogen-bond donors (Lipinski definition) is 0. The van der Waals surface area contributed by atoms with Crippen molar-refractivity contribution in [3.63, 3.8) is 0 Å². The van der Waals surface area contributed by atoms with Crippen LogP contribution in [0.2, 0.25) is 5.02 Å². The molecular weight excluding hydrogens is 425 g/mol. The molecule has 31 heavy (non-hydrogen) atoms. The first-order chi connectivity index (χ1) is 14.8. The lowest BCUT2D eigenvalue weighted by atomic mass is 10.0. The van der Waals surface area contributed by atoms with Crippen molar-refractivity contribution in [2.24, 2.45) is 0 Å². The van der Waals surface area contributed by atoms with E-state index in [2.05, 4.69) is 0 Å². The van der Waals surface area contributed by atoms with Crippen LogP contribution in [0.5, 0.6) is 0 Å². The second kappa shape index (κ2) is 9.14. The maximum atomic E-state index is 14.3. The number of esters is 2. The van der Waals surface area contributed by atoms with Crippen LogP contribution >= 0.6 is 11.6 Å². The van der Waals surface area contributed by atoms with Crippen LogP contribution in [0.15, 0.2) is 59.3 Å². The van der Waals surface area contributed by atoms with E-state index in [4.69, 9.17) is 21.1 Å². The zero-order valence-corrected chi connectivity index (χ0v) is 17.8. The van der Waals surface area contributed by atoms with E-state index in [9.17, 15) is 18.8 Å². The lowest BCUT2D eigenvalue weighted by molar-refractivity contribution is -0.136. The molecular formula is C23H19ClFNO5. The summed E-state index contributed by atoms with van der Waals surface area (Å²) in [6, 6.07) is 10.3. The summed E-state index contributed by atoms with van der Waals surface area (Å²) in [6.45, 7) is 3.52. The molecule has 0 saturated carbocycles. The average Bonchev–Trinajstić information content (AvgIpc) is 3.00. The van der Waals surface area contributed by atoms with Gasteiger partial charge in [-0.05, 0) is 56.3 Å². The predicted octanol–water partition coefficient (Wildman–Crippen LogP) is 4.53. The number of amides is 1. The number of rotatable bonds is 5. The molecule has 0 N–H and O–H groups in total. The zero-order valence-electron chi connectivity index (χ0n) is 17.1. The van der Waals surface area contributed by atoms with Crippen molar-refractivity contribution in [2.75, 3.05) is 18.6 Å². The third kappa shape index (κ3) is 4.22. The van der Waals surface area contributed by atoms with Gasteiger partial charge in [-0.25, -0.2) is 14.0 Å². The van der Waals surface area contributed by atoms with E-state index in [1.165, 1.54) is 48.4 Å². The van der Waals surface area contributed by atoms with Crippen LogP contribution in [0.25, 0.3) is 6.08 Å².